The molecule has 6 heteroatoms. The lowest BCUT2D eigenvalue weighted by atomic mass is 9.96. The van der Waals surface area contributed by atoms with Gasteiger partial charge in [-0.1, -0.05) is 0 Å². The second kappa shape index (κ2) is 8.09. The van der Waals surface area contributed by atoms with Crippen LogP contribution in [0.2, 0.25) is 0 Å². The number of amides is 1. The van der Waals surface area contributed by atoms with Crippen molar-refractivity contribution in [2.24, 2.45) is 5.73 Å². The molecule has 0 radical (unpaired) electrons. The fourth-order valence-electron chi connectivity index (χ4n) is 2.43. The van der Waals surface area contributed by atoms with E-state index in [2.05, 4.69) is 16.5 Å². The summed E-state index contributed by atoms with van der Waals surface area (Å²) in [4.78, 5) is 14.1. The minimum atomic E-state index is 0.0663. The zero-order chi connectivity index (χ0) is 14.3. The molecule has 0 aliphatic carbocycles. The number of rotatable bonds is 7. The van der Waals surface area contributed by atoms with Crippen molar-refractivity contribution < 1.29 is 9.53 Å². The lowest BCUT2D eigenvalue weighted by Gasteiger charge is -2.39. The molecular weight excluding hydrogens is 262 g/mol. The summed E-state index contributed by atoms with van der Waals surface area (Å²) in [6.45, 7) is 5.59. The van der Waals surface area contributed by atoms with Crippen LogP contribution in [0, 0.1) is 0 Å². The molecule has 1 aliphatic rings. The van der Waals surface area contributed by atoms with Gasteiger partial charge in [-0.05, 0) is 26.0 Å². The lowest BCUT2D eigenvalue weighted by Crippen LogP contribution is -2.50. The summed E-state index contributed by atoms with van der Waals surface area (Å²) in [6, 6.07) is 0.0663. The molecule has 0 aromatic carbocycles. The smallest absolute Gasteiger partial charge is 0.234 e. The van der Waals surface area contributed by atoms with Crippen molar-refractivity contribution >= 4 is 17.7 Å². The number of carbonyl (C=O) groups excluding carboxylic acids is 1. The second-order valence-corrected chi connectivity index (χ2v) is 6.57. The van der Waals surface area contributed by atoms with Gasteiger partial charge in [-0.25, -0.2) is 0 Å². The van der Waals surface area contributed by atoms with Crippen molar-refractivity contribution in [3.05, 3.63) is 0 Å². The van der Waals surface area contributed by atoms with E-state index in [9.17, 15) is 4.79 Å². The van der Waals surface area contributed by atoms with Gasteiger partial charge in [-0.15, -0.1) is 0 Å². The third-order valence-electron chi connectivity index (χ3n) is 3.76. The quantitative estimate of drug-likeness (QED) is 0.705. The largest absolute Gasteiger partial charge is 0.383 e. The van der Waals surface area contributed by atoms with Crippen LogP contribution in [0.4, 0.5) is 0 Å². The molecule has 1 saturated heterocycles. The molecule has 19 heavy (non-hydrogen) atoms. The highest BCUT2D eigenvalue weighted by atomic mass is 32.2. The summed E-state index contributed by atoms with van der Waals surface area (Å²) in [5.74, 6) is 0.0777. The van der Waals surface area contributed by atoms with Crippen molar-refractivity contribution in [2.45, 2.75) is 30.6 Å². The van der Waals surface area contributed by atoms with E-state index in [1.807, 2.05) is 18.7 Å². The maximum absolute atomic E-state index is 11.9. The Kier molecular flexibility index (Phi) is 7.13. The molecule has 1 unspecified atom stereocenters. The topological polar surface area (TPSA) is 67.6 Å². The molecule has 5 nitrogen and oxygen atoms in total. The average molecular weight is 289 g/mol. The SMILES string of the molecule is COCC(C)NC(=O)CN1CCC(CN)(SC)CC1. The van der Waals surface area contributed by atoms with Crippen molar-refractivity contribution in [1.82, 2.24) is 10.2 Å². The lowest BCUT2D eigenvalue weighted by molar-refractivity contribution is -0.123. The van der Waals surface area contributed by atoms with Crippen LogP contribution in [0.5, 0.6) is 0 Å². The van der Waals surface area contributed by atoms with Crippen LogP contribution in [-0.4, -0.2) is 67.7 Å². The first-order valence-corrected chi connectivity index (χ1v) is 8.03. The van der Waals surface area contributed by atoms with Crippen LogP contribution < -0.4 is 11.1 Å². The summed E-state index contributed by atoms with van der Waals surface area (Å²) in [5, 5.41) is 2.94. The summed E-state index contributed by atoms with van der Waals surface area (Å²) < 4.78 is 5.22. The van der Waals surface area contributed by atoms with E-state index in [1.54, 1.807) is 7.11 Å². The molecule has 0 aromatic heterocycles. The molecule has 1 atom stereocenters. The highest BCUT2D eigenvalue weighted by Crippen LogP contribution is 2.33. The van der Waals surface area contributed by atoms with Crippen LogP contribution >= 0.6 is 11.8 Å². The molecule has 112 valence electrons. The Labute approximate surface area is 120 Å². The number of ether oxygens (including phenoxy) is 1. The molecule has 0 bridgehead atoms. The number of likely N-dealkylation sites (tertiary alicyclic amines) is 1. The molecular formula is C13H27N3O2S. The minimum Gasteiger partial charge on any atom is -0.383 e. The number of methoxy groups -OCH3 is 1. The number of thioether (sulfide) groups is 1. The fourth-order valence-corrected chi connectivity index (χ4v) is 3.18. The van der Waals surface area contributed by atoms with Gasteiger partial charge in [0.15, 0.2) is 0 Å². The van der Waals surface area contributed by atoms with E-state index in [1.165, 1.54) is 0 Å². The van der Waals surface area contributed by atoms with E-state index >= 15 is 0 Å². The summed E-state index contributed by atoms with van der Waals surface area (Å²) in [6.07, 6.45) is 4.25. The number of hydrogen-bond acceptors (Lipinski definition) is 5. The Morgan fingerprint density at radius 1 is 1.53 bits per heavy atom. The summed E-state index contributed by atoms with van der Waals surface area (Å²) in [7, 11) is 1.64. The van der Waals surface area contributed by atoms with Crippen molar-refractivity contribution in [3.63, 3.8) is 0 Å². The van der Waals surface area contributed by atoms with Gasteiger partial charge in [-0.3, -0.25) is 9.69 Å². The predicted molar refractivity (Wildman–Crippen MR) is 80.5 cm³/mol. The second-order valence-electron chi connectivity index (χ2n) is 5.29. The number of hydrogen-bond donors (Lipinski definition) is 2. The van der Waals surface area contributed by atoms with Crippen LogP contribution in [0.25, 0.3) is 0 Å². The normalized spacial score (nSPS) is 21.1. The molecule has 1 heterocycles. The Bertz CT molecular complexity index is 275. The van der Waals surface area contributed by atoms with Gasteiger partial charge in [-0.2, -0.15) is 11.8 Å². The summed E-state index contributed by atoms with van der Waals surface area (Å²) >= 11 is 1.86. The fraction of sp³-hybridized carbons (Fsp3) is 0.923. The van der Waals surface area contributed by atoms with E-state index in [4.69, 9.17) is 10.5 Å². The predicted octanol–water partition coefficient (Wildman–Crippen LogP) is 0.294. The monoisotopic (exact) mass is 289 g/mol. The number of nitrogens with zero attached hydrogens (tertiary/aromatic N) is 1. The minimum absolute atomic E-state index is 0.0663. The highest BCUT2D eigenvalue weighted by molar-refractivity contribution is 8.00. The molecule has 3 N–H and O–H groups in total. The number of nitrogens with two attached hydrogens (primary N) is 1. The Morgan fingerprint density at radius 3 is 2.63 bits per heavy atom. The zero-order valence-corrected chi connectivity index (χ0v) is 13.1. The number of nitrogens with one attached hydrogen (secondary N) is 1. The molecule has 0 spiro atoms. The first-order chi connectivity index (χ1) is 9.05. The Morgan fingerprint density at radius 2 is 2.16 bits per heavy atom. The maximum Gasteiger partial charge on any atom is 0.234 e. The molecule has 1 aliphatic heterocycles. The average Bonchev–Trinajstić information content (AvgIpc) is 2.40. The van der Waals surface area contributed by atoms with Gasteiger partial charge in [0.25, 0.3) is 0 Å². The molecule has 1 fully saturated rings. The first-order valence-electron chi connectivity index (χ1n) is 6.81. The van der Waals surface area contributed by atoms with Crippen molar-refractivity contribution in [3.8, 4) is 0 Å². The highest BCUT2D eigenvalue weighted by Gasteiger charge is 2.32. The molecule has 1 amide bonds. The number of piperidine rings is 1. The van der Waals surface area contributed by atoms with Crippen LogP contribution in [0.15, 0.2) is 0 Å². The first kappa shape index (κ1) is 16.8. The van der Waals surface area contributed by atoms with E-state index < -0.39 is 0 Å². The third kappa shape index (κ3) is 5.30. The standard InChI is InChI=1S/C13H27N3O2S/c1-11(9-18-2)15-12(17)8-16-6-4-13(10-14,19-3)5-7-16/h11H,4-10,14H2,1-3H3,(H,15,17). The third-order valence-corrected chi connectivity index (χ3v) is 5.20. The zero-order valence-electron chi connectivity index (χ0n) is 12.3. The van der Waals surface area contributed by atoms with E-state index in [0.29, 0.717) is 13.2 Å². The Hall–Kier alpha value is -0.300. The van der Waals surface area contributed by atoms with Crippen LogP contribution in [0.1, 0.15) is 19.8 Å². The maximum atomic E-state index is 11.9. The van der Waals surface area contributed by atoms with Gasteiger partial charge >= 0.3 is 0 Å². The van der Waals surface area contributed by atoms with Gasteiger partial charge in [0.1, 0.15) is 0 Å². The van der Waals surface area contributed by atoms with Gasteiger partial charge in [0.2, 0.25) is 5.91 Å². The van der Waals surface area contributed by atoms with Crippen LogP contribution in [-0.2, 0) is 9.53 Å². The molecule has 0 saturated carbocycles. The number of carbonyl (C=O) groups is 1. The van der Waals surface area contributed by atoms with E-state index in [-0.39, 0.29) is 16.7 Å². The van der Waals surface area contributed by atoms with Crippen molar-refractivity contribution in [2.75, 3.05) is 46.2 Å². The van der Waals surface area contributed by atoms with Crippen LogP contribution in [0.3, 0.4) is 0 Å². The van der Waals surface area contributed by atoms with Gasteiger partial charge in [0, 0.05) is 37.5 Å². The van der Waals surface area contributed by atoms with E-state index in [0.717, 1.165) is 32.5 Å². The Balaban J connectivity index is 2.30. The van der Waals surface area contributed by atoms with Crippen molar-refractivity contribution in [1.29, 1.82) is 0 Å². The molecule has 0 aromatic rings. The van der Waals surface area contributed by atoms with Gasteiger partial charge < -0.3 is 15.8 Å². The van der Waals surface area contributed by atoms with Gasteiger partial charge in [0.05, 0.1) is 13.2 Å². The summed E-state index contributed by atoms with van der Waals surface area (Å²) in [5.41, 5.74) is 5.86. The molecule has 1 rings (SSSR count).